The van der Waals surface area contributed by atoms with Crippen LogP contribution in [-0.4, -0.2) is 57.6 Å². The smallest absolute Gasteiger partial charge is 0.255 e. The fraction of sp³-hybridized carbons (Fsp3) is 0.900. The first-order chi connectivity index (χ1) is 7.52. The normalized spacial score (nSPS) is 25.1. The zero-order chi connectivity index (χ0) is 12.2. The van der Waals surface area contributed by atoms with Crippen LogP contribution in [0.1, 0.15) is 6.42 Å². The zero-order valence-electron chi connectivity index (χ0n) is 9.63. The maximum absolute atomic E-state index is 12.2. The van der Waals surface area contributed by atoms with E-state index in [-0.39, 0.29) is 12.5 Å². The third-order valence-corrected chi connectivity index (χ3v) is 2.88. The van der Waals surface area contributed by atoms with E-state index in [4.69, 9.17) is 4.74 Å². The Labute approximate surface area is 93.9 Å². The summed E-state index contributed by atoms with van der Waals surface area (Å²) in [4.78, 5) is 13.2. The molecule has 1 rings (SSSR count). The highest BCUT2D eigenvalue weighted by molar-refractivity contribution is 5.83. The minimum Gasteiger partial charge on any atom is -0.384 e. The first-order valence-electron chi connectivity index (χ1n) is 5.25. The summed E-state index contributed by atoms with van der Waals surface area (Å²) in [7, 11) is 2.92. The van der Waals surface area contributed by atoms with Gasteiger partial charge in [0.25, 0.3) is 6.43 Å². The lowest BCUT2D eigenvalue weighted by molar-refractivity contribution is -0.144. The van der Waals surface area contributed by atoms with E-state index in [0.717, 1.165) is 11.4 Å². The molecule has 1 atom stereocenters. The second-order valence-electron chi connectivity index (χ2n) is 4.22. The van der Waals surface area contributed by atoms with Crippen LogP contribution in [0.5, 0.6) is 0 Å². The molecule has 1 saturated heterocycles. The predicted molar refractivity (Wildman–Crippen MR) is 55.4 cm³/mol. The molecule has 0 aromatic heterocycles. The molecule has 0 bridgehead atoms. The van der Waals surface area contributed by atoms with Crippen molar-refractivity contribution in [2.24, 2.45) is 5.41 Å². The number of carbonyl (C=O) groups is 1. The van der Waals surface area contributed by atoms with Gasteiger partial charge in [-0.2, -0.15) is 0 Å². The van der Waals surface area contributed by atoms with Crippen LogP contribution in [0, 0.1) is 5.41 Å². The Hall–Kier alpha value is -0.750. The van der Waals surface area contributed by atoms with E-state index in [0.29, 0.717) is 13.0 Å². The van der Waals surface area contributed by atoms with Crippen molar-refractivity contribution in [3.05, 3.63) is 0 Å². The van der Waals surface area contributed by atoms with Gasteiger partial charge in [-0.15, -0.1) is 0 Å². The number of carbonyl (C=O) groups excluding carboxylic acids is 1. The van der Waals surface area contributed by atoms with E-state index in [1.54, 1.807) is 0 Å². The Bertz CT molecular complexity index is 243. The molecule has 1 amide bonds. The van der Waals surface area contributed by atoms with Crippen molar-refractivity contribution in [3.8, 4) is 0 Å². The van der Waals surface area contributed by atoms with Gasteiger partial charge in [-0.1, -0.05) is 0 Å². The molecule has 0 aromatic carbocycles. The number of ether oxygens (including phenoxy) is 1. The topological polar surface area (TPSA) is 41.6 Å². The third-order valence-electron chi connectivity index (χ3n) is 2.88. The Morgan fingerprint density at radius 2 is 2.31 bits per heavy atom. The highest BCUT2D eigenvalue weighted by Crippen LogP contribution is 2.28. The Morgan fingerprint density at radius 1 is 1.62 bits per heavy atom. The van der Waals surface area contributed by atoms with Crippen molar-refractivity contribution in [2.45, 2.75) is 12.8 Å². The van der Waals surface area contributed by atoms with Gasteiger partial charge in [-0.25, -0.2) is 8.78 Å². The number of methoxy groups -OCH3 is 1. The van der Waals surface area contributed by atoms with E-state index in [9.17, 15) is 13.6 Å². The first kappa shape index (κ1) is 13.3. The van der Waals surface area contributed by atoms with Gasteiger partial charge in [0.15, 0.2) is 0 Å². The molecule has 1 fully saturated rings. The molecule has 0 aromatic rings. The van der Waals surface area contributed by atoms with Crippen molar-refractivity contribution in [2.75, 3.05) is 40.4 Å². The second kappa shape index (κ2) is 5.54. The van der Waals surface area contributed by atoms with Gasteiger partial charge in [-0.05, 0) is 13.0 Å². The van der Waals surface area contributed by atoms with Crippen molar-refractivity contribution in [1.82, 2.24) is 10.2 Å². The van der Waals surface area contributed by atoms with Gasteiger partial charge in [0.2, 0.25) is 5.91 Å². The molecule has 1 aliphatic heterocycles. The Kier molecular flexibility index (Phi) is 4.61. The lowest BCUT2D eigenvalue weighted by Gasteiger charge is -2.30. The fourth-order valence-corrected chi connectivity index (χ4v) is 2.08. The van der Waals surface area contributed by atoms with Gasteiger partial charge >= 0.3 is 0 Å². The molecular weight excluding hydrogens is 218 g/mol. The number of rotatable bonds is 5. The fourth-order valence-electron chi connectivity index (χ4n) is 2.08. The summed E-state index contributed by atoms with van der Waals surface area (Å²) in [6, 6.07) is 0. The minimum absolute atomic E-state index is 0.264. The molecule has 0 saturated carbocycles. The highest BCUT2D eigenvalue weighted by atomic mass is 19.3. The molecule has 1 unspecified atom stereocenters. The van der Waals surface area contributed by atoms with Crippen molar-refractivity contribution < 1.29 is 18.3 Å². The number of hydrogen-bond donors (Lipinski definition) is 1. The maximum Gasteiger partial charge on any atom is 0.255 e. The van der Waals surface area contributed by atoms with Gasteiger partial charge in [0, 0.05) is 20.7 Å². The standard InChI is InChI=1S/C10H18F2N2O2/c1-14(5-8(11)12)9(15)10(7-16-2)3-4-13-6-10/h8,13H,3-7H2,1-2H3. The van der Waals surface area contributed by atoms with Gasteiger partial charge < -0.3 is 15.0 Å². The molecule has 4 nitrogen and oxygen atoms in total. The monoisotopic (exact) mass is 236 g/mol. The van der Waals surface area contributed by atoms with Crippen LogP contribution >= 0.6 is 0 Å². The summed E-state index contributed by atoms with van der Waals surface area (Å²) >= 11 is 0. The highest BCUT2D eigenvalue weighted by Gasteiger charge is 2.43. The van der Waals surface area contributed by atoms with Gasteiger partial charge in [0.05, 0.1) is 18.6 Å². The molecule has 6 heteroatoms. The van der Waals surface area contributed by atoms with Crippen molar-refractivity contribution in [1.29, 1.82) is 0 Å². The van der Waals surface area contributed by atoms with Crippen LogP contribution in [0.3, 0.4) is 0 Å². The van der Waals surface area contributed by atoms with Gasteiger partial charge in [0.1, 0.15) is 0 Å². The second-order valence-corrected chi connectivity index (χ2v) is 4.22. The Morgan fingerprint density at radius 3 is 2.75 bits per heavy atom. The lowest BCUT2D eigenvalue weighted by atomic mass is 9.86. The molecule has 1 heterocycles. The molecular formula is C10H18F2N2O2. The lowest BCUT2D eigenvalue weighted by Crippen LogP contribution is -2.47. The Balaban J connectivity index is 2.67. The summed E-state index contributed by atoms with van der Waals surface area (Å²) in [6.07, 6.45) is -1.87. The summed E-state index contributed by atoms with van der Waals surface area (Å²) in [6.45, 7) is 0.960. The van der Waals surface area contributed by atoms with E-state index < -0.39 is 18.4 Å². The summed E-state index contributed by atoms with van der Waals surface area (Å²) in [5.41, 5.74) is -0.668. The SMILES string of the molecule is COCC1(C(=O)N(C)CC(F)F)CCNC1. The minimum atomic E-state index is -2.50. The molecule has 16 heavy (non-hydrogen) atoms. The third kappa shape index (κ3) is 2.89. The van der Waals surface area contributed by atoms with Crippen LogP contribution in [-0.2, 0) is 9.53 Å². The predicted octanol–water partition coefficient (Wildman–Crippen LogP) is 0.336. The molecule has 94 valence electrons. The molecule has 1 aliphatic rings. The van der Waals surface area contributed by atoms with Gasteiger partial charge in [-0.3, -0.25) is 4.79 Å². The van der Waals surface area contributed by atoms with Crippen LogP contribution in [0.4, 0.5) is 8.78 Å². The number of nitrogens with zero attached hydrogens (tertiary/aromatic N) is 1. The van der Waals surface area contributed by atoms with Crippen LogP contribution in [0.15, 0.2) is 0 Å². The quantitative estimate of drug-likeness (QED) is 0.748. The average molecular weight is 236 g/mol. The van der Waals surface area contributed by atoms with E-state index in [1.807, 2.05) is 0 Å². The van der Waals surface area contributed by atoms with Crippen LogP contribution in [0.2, 0.25) is 0 Å². The molecule has 0 spiro atoms. The van der Waals surface area contributed by atoms with Crippen molar-refractivity contribution >= 4 is 5.91 Å². The molecule has 1 N–H and O–H groups in total. The summed E-state index contributed by atoms with van der Waals surface area (Å²) in [5.74, 6) is -0.264. The average Bonchev–Trinajstić information content (AvgIpc) is 2.66. The van der Waals surface area contributed by atoms with Crippen LogP contribution < -0.4 is 5.32 Å². The van der Waals surface area contributed by atoms with E-state index in [2.05, 4.69) is 5.32 Å². The number of hydrogen-bond acceptors (Lipinski definition) is 3. The number of amides is 1. The first-order valence-corrected chi connectivity index (χ1v) is 5.25. The molecule has 0 aliphatic carbocycles. The molecule has 0 radical (unpaired) electrons. The van der Waals surface area contributed by atoms with Crippen molar-refractivity contribution in [3.63, 3.8) is 0 Å². The number of halogens is 2. The number of nitrogens with one attached hydrogen (secondary N) is 1. The van der Waals surface area contributed by atoms with Crippen LogP contribution in [0.25, 0.3) is 0 Å². The number of alkyl halides is 2. The zero-order valence-corrected chi connectivity index (χ0v) is 9.63. The summed E-state index contributed by atoms with van der Waals surface area (Å²) < 4.78 is 29.4. The van der Waals surface area contributed by atoms with E-state index in [1.165, 1.54) is 14.2 Å². The van der Waals surface area contributed by atoms with E-state index >= 15 is 0 Å². The largest absolute Gasteiger partial charge is 0.384 e. The maximum atomic E-state index is 12.2. The summed E-state index contributed by atoms with van der Waals surface area (Å²) in [5, 5.41) is 3.07.